The van der Waals surface area contributed by atoms with E-state index in [4.69, 9.17) is 4.74 Å². The van der Waals surface area contributed by atoms with E-state index in [2.05, 4.69) is 20.5 Å². The normalized spacial score (nSPS) is 21.0. The van der Waals surface area contributed by atoms with Crippen molar-refractivity contribution in [2.45, 2.75) is 49.1 Å². The topological polar surface area (TPSA) is 83.0 Å². The van der Waals surface area contributed by atoms with E-state index in [0.29, 0.717) is 11.4 Å². The molecule has 0 bridgehead atoms. The van der Waals surface area contributed by atoms with Gasteiger partial charge in [-0.25, -0.2) is 8.42 Å². The fraction of sp³-hybridized carbons (Fsp3) is 0.667. The van der Waals surface area contributed by atoms with E-state index in [-0.39, 0.29) is 5.54 Å². The third-order valence-corrected chi connectivity index (χ3v) is 7.21. The van der Waals surface area contributed by atoms with Crippen LogP contribution in [0.5, 0.6) is 0 Å². The second-order valence-corrected chi connectivity index (χ2v) is 10.1. The summed E-state index contributed by atoms with van der Waals surface area (Å²) in [6.07, 6.45) is 7.52. The van der Waals surface area contributed by atoms with Crippen LogP contribution < -0.4 is 10.6 Å². The maximum atomic E-state index is 11.6. The summed E-state index contributed by atoms with van der Waals surface area (Å²) in [6.45, 7) is 5.10. The van der Waals surface area contributed by atoms with Gasteiger partial charge in [0.2, 0.25) is 0 Å². The Balaban J connectivity index is 1.57. The zero-order valence-electron chi connectivity index (χ0n) is 17.6. The van der Waals surface area contributed by atoms with Crippen molar-refractivity contribution in [1.29, 1.82) is 0 Å². The Hall–Kier alpha value is -1.64. The van der Waals surface area contributed by atoms with Gasteiger partial charge in [0.15, 0.2) is 15.8 Å². The van der Waals surface area contributed by atoms with Gasteiger partial charge >= 0.3 is 0 Å². The van der Waals surface area contributed by atoms with Gasteiger partial charge in [0.1, 0.15) is 0 Å². The van der Waals surface area contributed by atoms with Gasteiger partial charge in [-0.2, -0.15) is 0 Å². The van der Waals surface area contributed by atoms with Gasteiger partial charge in [0.25, 0.3) is 0 Å². The molecular formula is C21H34N4O3S. The van der Waals surface area contributed by atoms with Gasteiger partial charge in [-0.1, -0.05) is 31.4 Å². The van der Waals surface area contributed by atoms with Crippen LogP contribution in [0.4, 0.5) is 0 Å². The number of rotatable bonds is 6. The summed E-state index contributed by atoms with van der Waals surface area (Å²) in [5.41, 5.74) is 1.19. The maximum Gasteiger partial charge on any atom is 0.191 e. The number of guanidine groups is 1. The zero-order chi connectivity index (χ0) is 20.7. The summed E-state index contributed by atoms with van der Waals surface area (Å²) in [5.74, 6) is 0.774. The molecule has 7 nitrogen and oxygen atoms in total. The van der Waals surface area contributed by atoms with E-state index in [1.165, 1.54) is 38.4 Å². The third-order valence-electron chi connectivity index (χ3n) is 6.09. The van der Waals surface area contributed by atoms with Gasteiger partial charge in [-0.3, -0.25) is 9.89 Å². The summed E-state index contributed by atoms with van der Waals surface area (Å²) in [7, 11) is -1.38. The molecule has 1 aliphatic carbocycles. The van der Waals surface area contributed by atoms with Crippen molar-refractivity contribution in [3.05, 3.63) is 29.8 Å². The number of benzene rings is 1. The van der Waals surface area contributed by atoms with E-state index in [1.54, 1.807) is 19.2 Å². The van der Waals surface area contributed by atoms with Gasteiger partial charge in [0, 0.05) is 45.0 Å². The third kappa shape index (κ3) is 5.93. The van der Waals surface area contributed by atoms with Crippen molar-refractivity contribution in [2.24, 2.45) is 4.99 Å². The number of aliphatic imine (C=N–C) groups is 1. The first-order valence-corrected chi connectivity index (χ1v) is 12.4. The monoisotopic (exact) mass is 422 g/mol. The molecule has 3 rings (SSSR count). The van der Waals surface area contributed by atoms with E-state index in [9.17, 15) is 8.42 Å². The highest BCUT2D eigenvalue weighted by atomic mass is 32.2. The predicted molar refractivity (Wildman–Crippen MR) is 116 cm³/mol. The molecule has 1 heterocycles. The van der Waals surface area contributed by atoms with Crippen LogP contribution in [0.2, 0.25) is 0 Å². The Morgan fingerprint density at radius 1 is 1.10 bits per heavy atom. The molecule has 2 fully saturated rings. The summed E-state index contributed by atoms with van der Waals surface area (Å²) in [5, 5.41) is 6.89. The molecule has 1 aromatic carbocycles. The van der Waals surface area contributed by atoms with Gasteiger partial charge in [0.05, 0.1) is 18.1 Å². The first-order valence-electron chi connectivity index (χ1n) is 10.5. The standard InChI is InChI=1S/C21H34N4O3S/c1-22-20(23-16-18-6-8-19(9-7-18)29(2,26)27)24-17-21(10-4-3-5-11-21)25-12-14-28-15-13-25/h6-9H,3-5,10-17H2,1-2H3,(H2,22,23,24). The highest BCUT2D eigenvalue weighted by molar-refractivity contribution is 7.90. The molecule has 0 unspecified atom stereocenters. The molecule has 1 aromatic rings. The average molecular weight is 423 g/mol. The molecular weight excluding hydrogens is 388 g/mol. The van der Waals surface area contributed by atoms with Crippen LogP contribution in [0.25, 0.3) is 0 Å². The predicted octanol–water partition coefficient (Wildman–Crippen LogP) is 1.79. The van der Waals surface area contributed by atoms with Crippen LogP contribution in [0.1, 0.15) is 37.7 Å². The fourth-order valence-electron chi connectivity index (χ4n) is 4.36. The number of nitrogens with zero attached hydrogens (tertiary/aromatic N) is 2. The molecule has 29 heavy (non-hydrogen) atoms. The number of hydrogen-bond acceptors (Lipinski definition) is 5. The lowest BCUT2D eigenvalue weighted by molar-refractivity contribution is -0.0352. The van der Waals surface area contributed by atoms with E-state index < -0.39 is 9.84 Å². The van der Waals surface area contributed by atoms with Crippen molar-refractivity contribution in [2.75, 3.05) is 46.2 Å². The number of hydrogen-bond donors (Lipinski definition) is 2. The SMILES string of the molecule is CN=C(NCc1ccc(S(C)(=O)=O)cc1)NCC1(N2CCOCC2)CCCCC1. The van der Waals surface area contributed by atoms with Crippen molar-refractivity contribution in [3.8, 4) is 0 Å². The van der Waals surface area contributed by atoms with Gasteiger partial charge in [-0.15, -0.1) is 0 Å². The smallest absolute Gasteiger partial charge is 0.191 e. The molecule has 1 saturated heterocycles. The molecule has 1 saturated carbocycles. The summed E-state index contributed by atoms with van der Waals surface area (Å²) < 4.78 is 28.8. The van der Waals surface area contributed by atoms with Crippen molar-refractivity contribution < 1.29 is 13.2 Å². The molecule has 2 aliphatic rings. The van der Waals surface area contributed by atoms with Gasteiger partial charge in [-0.05, 0) is 30.5 Å². The number of morpholine rings is 1. The fourth-order valence-corrected chi connectivity index (χ4v) is 4.99. The van der Waals surface area contributed by atoms with Crippen molar-refractivity contribution in [1.82, 2.24) is 15.5 Å². The summed E-state index contributed by atoms with van der Waals surface area (Å²) >= 11 is 0. The number of sulfone groups is 1. The molecule has 0 radical (unpaired) electrons. The lowest BCUT2D eigenvalue weighted by Crippen LogP contribution is -2.60. The minimum absolute atomic E-state index is 0.177. The first kappa shape index (κ1) is 22.1. The molecule has 2 N–H and O–H groups in total. The van der Waals surface area contributed by atoms with Crippen LogP contribution in [-0.4, -0.2) is 71.0 Å². The highest BCUT2D eigenvalue weighted by Gasteiger charge is 2.38. The van der Waals surface area contributed by atoms with Crippen LogP contribution in [-0.2, 0) is 21.1 Å². The highest BCUT2D eigenvalue weighted by Crippen LogP contribution is 2.33. The van der Waals surface area contributed by atoms with Gasteiger partial charge < -0.3 is 15.4 Å². The Labute approximate surface area is 174 Å². The van der Waals surface area contributed by atoms with Crippen molar-refractivity contribution in [3.63, 3.8) is 0 Å². The van der Waals surface area contributed by atoms with E-state index in [0.717, 1.165) is 44.4 Å². The first-order chi connectivity index (χ1) is 13.9. The minimum atomic E-state index is -3.16. The second-order valence-electron chi connectivity index (χ2n) is 8.08. The molecule has 162 valence electrons. The number of nitrogens with one attached hydrogen (secondary N) is 2. The molecule has 1 aliphatic heterocycles. The lowest BCUT2D eigenvalue weighted by Gasteiger charge is -2.48. The molecule has 0 amide bonds. The number of ether oxygens (including phenoxy) is 1. The minimum Gasteiger partial charge on any atom is -0.379 e. The molecule has 0 aromatic heterocycles. The van der Waals surface area contributed by atoms with Crippen LogP contribution in [0.3, 0.4) is 0 Å². The second kappa shape index (κ2) is 9.91. The quantitative estimate of drug-likeness (QED) is 0.537. The molecule has 0 atom stereocenters. The van der Waals surface area contributed by atoms with Crippen LogP contribution in [0.15, 0.2) is 34.2 Å². The molecule has 0 spiro atoms. The Morgan fingerprint density at radius 3 is 2.34 bits per heavy atom. The Bertz CT molecular complexity index is 781. The average Bonchev–Trinajstić information content (AvgIpc) is 2.75. The lowest BCUT2D eigenvalue weighted by atomic mass is 9.80. The summed E-state index contributed by atoms with van der Waals surface area (Å²) in [4.78, 5) is 7.33. The molecule has 8 heteroatoms. The van der Waals surface area contributed by atoms with Crippen LogP contribution in [0, 0.1) is 0 Å². The maximum absolute atomic E-state index is 11.6. The largest absolute Gasteiger partial charge is 0.379 e. The van der Waals surface area contributed by atoms with Crippen molar-refractivity contribution >= 4 is 15.8 Å². The summed E-state index contributed by atoms with van der Waals surface area (Å²) in [6, 6.07) is 6.98. The van der Waals surface area contributed by atoms with Crippen LogP contribution >= 0.6 is 0 Å². The Kier molecular flexibility index (Phi) is 7.54. The van der Waals surface area contributed by atoms with E-state index in [1.807, 2.05) is 12.1 Å². The zero-order valence-corrected chi connectivity index (χ0v) is 18.4. The van der Waals surface area contributed by atoms with E-state index >= 15 is 0 Å². The Morgan fingerprint density at radius 2 is 1.76 bits per heavy atom.